The number of halogens is 1. The average molecular weight is 562 g/mol. The summed E-state index contributed by atoms with van der Waals surface area (Å²) in [5.74, 6) is -0.806. The van der Waals surface area contributed by atoms with Crippen LogP contribution in [0.4, 0.5) is 15.8 Å². The molecule has 1 atom stereocenters. The Morgan fingerprint density at radius 3 is 2.23 bits per heavy atom. The summed E-state index contributed by atoms with van der Waals surface area (Å²) in [7, 11) is -0.837. The maximum atomic E-state index is 13.6. The number of sulfonamides is 1. The quantitative estimate of drug-likeness (QED) is 0.294. The zero-order valence-corrected chi connectivity index (χ0v) is 22.7. The fraction of sp³-hybridized carbons (Fsp3) is 0.133. The molecule has 8 nitrogen and oxygen atoms in total. The average Bonchev–Trinajstić information content (AvgIpc) is 2.96. The summed E-state index contributed by atoms with van der Waals surface area (Å²) < 4.78 is 46.3. The molecule has 0 aliphatic carbocycles. The lowest BCUT2D eigenvalue weighted by Crippen LogP contribution is -2.48. The molecule has 0 saturated carbocycles. The van der Waals surface area contributed by atoms with Crippen LogP contribution >= 0.6 is 0 Å². The van der Waals surface area contributed by atoms with Gasteiger partial charge in [0.1, 0.15) is 17.6 Å². The number of ether oxygens (including phenoxy) is 1. The maximum Gasteiger partial charge on any atom is 0.261 e. The molecule has 0 aromatic heterocycles. The van der Waals surface area contributed by atoms with Crippen molar-refractivity contribution in [2.24, 2.45) is 0 Å². The van der Waals surface area contributed by atoms with Gasteiger partial charge in [0.2, 0.25) is 5.91 Å². The second kappa shape index (κ2) is 12.4. The molecule has 0 saturated heterocycles. The van der Waals surface area contributed by atoms with E-state index in [0.717, 1.165) is 29.8 Å². The van der Waals surface area contributed by atoms with Crippen molar-refractivity contribution in [1.29, 1.82) is 0 Å². The smallest absolute Gasteiger partial charge is 0.261 e. The first-order chi connectivity index (χ1) is 19.2. The van der Waals surface area contributed by atoms with Crippen molar-refractivity contribution in [3.05, 3.63) is 120 Å². The van der Waals surface area contributed by atoms with E-state index in [-0.39, 0.29) is 28.5 Å². The van der Waals surface area contributed by atoms with E-state index >= 15 is 0 Å². The Kier molecular flexibility index (Phi) is 8.80. The van der Waals surface area contributed by atoms with Crippen molar-refractivity contribution in [2.75, 3.05) is 23.8 Å². The SMILES string of the molecule is COc1ccc(N(C)C(=O)[C@H](Cc2ccccc2)NC(=O)c2cccc(NS(=O)(=O)c3ccc(F)cc3)c2)cc1. The van der Waals surface area contributed by atoms with Gasteiger partial charge in [-0.3, -0.25) is 14.3 Å². The highest BCUT2D eigenvalue weighted by Gasteiger charge is 2.26. The largest absolute Gasteiger partial charge is 0.497 e. The van der Waals surface area contributed by atoms with Crippen LogP contribution in [0.1, 0.15) is 15.9 Å². The predicted molar refractivity (Wildman–Crippen MR) is 151 cm³/mol. The Balaban J connectivity index is 1.55. The molecule has 0 unspecified atom stereocenters. The van der Waals surface area contributed by atoms with Crippen LogP contribution in [-0.2, 0) is 21.2 Å². The molecule has 0 aliphatic heterocycles. The number of rotatable bonds is 10. The summed E-state index contributed by atoms with van der Waals surface area (Å²) in [4.78, 5) is 28.2. The van der Waals surface area contributed by atoms with E-state index in [2.05, 4.69) is 10.0 Å². The fourth-order valence-electron chi connectivity index (χ4n) is 4.01. The number of likely N-dealkylation sites (N-methyl/N-ethyl adjacent to an activating group) is 1. The highest BCUT2D eigenvalue weighted by molar-refractivity contribution is 7.92. The Bertz CT molecular complexity index is 1580. The van der Waals surface area contributed by atoms with Crippen LogP contribution in [0.15, 0.2) is 108 Å². The van der Waals surface area contributed by atoms with Crippen molar-refractivity contribution in [1.82, 2.24) is 5.32 Å². The molecule has 0 spiro atoms. The highest BCUT2D eigenvalue weighted by Crippen LogP contribution is 2.21. The minimum Gasteiger partial charge on any atom is -0.497 e. The number of anilines is 2. The Labute approximate surface area is 232 Å². The predicted octanol–water partition coefficient (Wildman–Crippen LogP) is 4.64. The summed E-state index contributed by atoms with van der Waals surface area (Å²) in [6, 6.07) is 25.6. The van der Waals surface area contributed by atoms with Crippen LogP contribution in [0, 0.1) is 5.82 Å². The molecular formula is C30H28FN3O5S. The second-order valence-corrected chi connectivity index (χ2v) is 10.6. The molecule has 0 bridgehead atoms. The van der Waals surface area contributed by atoms with Gasteiger partial charge in [0, 0.05) is 30.4 Å². The molecule has 4 aromatic carbocycles. The summed E-state index contributed by atoms with van der Waals surface area (Å²) >= 11 is 0. The molecule has 0 heterocycles. The van der Waals surface area contributed by atoms with Crippen molar-refractivity contribution in [3.8, 4) is 5.75 Å². The number of carbonyl (C=O) groups is 2. The highest BCUT2D eigenvalue weighted by atomic mass is 32.2. The topological polar surface area (TPSA) is 105 Å². The molecule has 0 aliphatic rings. The van der Waals surface area contributed by atoms with Gasteiger partial charge in [-0.15, -0.1) is 0 Å². The van der Waals surface area contributed by atoms with Crippen molar-refractivity contribution in [2.45, 2.75) is 17.4 Å². The number of hydrogen-bond donors (Lipinski definition) is 2. The molecule has 4 rings (SSSR count). The molecule has 2 N–H and O–H groups in total. The lowest BCUT2D eigenvalue weighted by Gasteiger charge is -2.25. The minimum atomic E-state index is -4.01. The van der Waals surface area contributed by atoms with E-state index in [0.29, 0.717) is 11.4 Å². The van der Waals surface area contributed by atoms with Gasteiger partial charge in [-0.2, -0.15) is 0 Å². The molecule has 206 valence electrons. The molecule has 0 radical (unpaired) electrons. The van der Waals surface area contributed by atoms with Gasteiger partial charge in [-0.05, 0) is 72.3 Å². The second-order valence-electron chi connectivity index (χ2n) is 8.95. The normalized spacial score (nSPS) is 11.8. The standard InChI is InChI=1S/C30H28FN3O5S/c1-34(25-13-15-26(39-2)16-14-25)30(36)28(19-21-7-4-3-5-8-21)32-29(35)22-9-6-10-24(20-22)33-40(37,38)27-17-11-23(31)12-18-27/h3-18,20,28,33H,19H2,1-2H3,(H,32,35)/t28-/m0/s1. The summed E-state index contributed by atoms with van der Waals surface area (Å²) in [6.45, 7) is 0. The monoisotopic (exact) mass is 561 g/mol. The van der Waals surface area contributed by atoms with Crippen LogP contribution in [0.3, 0.4) is 0 Å². The number of carbonyl (C=O) groups excluding carboxylic acids is 2. The fourth-order valence-corrected chi connectivity index (χ4v) is 5.06. The van der Waals surface area contributed by atoms with Gasteiger partial charge in [0.25, 0.3) is 15.9 Å². The molecule has 4 aromatic rings. The van der Waals surface area contributed by atoms with Gasteiger partial charge >= 0.3 is 0 Å². The first kappa shape index (κ1) is 28.3. The first-order valence-electron chi connectivity index (χ1n) is 12.3. The van der Waals surface area contributed by atoms with Gasteiger partial charge in [-0.25, -0.2) is 12.8 Å². The van der Waals surface area contributed by atoms with E-state index in [1.54, 1.807) is 38.4 Å². The molecule has 10 heteroatoms. The van der Waals surface area contributed by atoms with Gasteiger partial charge < -0.3 is 15.0 Å². The Hall–Kier alpha value is -4.70. The lowest BCUT2D eigenvalue weighted by molar-refractivity contribution is -0.120. The summed E-state index contributed by atoms with van der Waals surface area (Å²) in [5, 5.41) is 2.81. The molecule has 40 heavy (non-hydrogen) atoms. The Morgan fingerprint density at radius 2 is 1.57 bits per heavy atom. The minimum absolute atomic E-state index is 0.126. The van der Waals surface area contributed by atoms with Crippen LogP contribution in [-0.4, -0.2) is 40.4 Å². The Morgan fingerprint density at radius 1 is 0.900 bits per heavy atom. The molecule has 0 fully saturated rings. The van der Waals surface area contributed by atoms with Gasteiger partial charge in [-0.1, -0.05) is 36.4 Å². The zero-order chi connectivity index (χ0) is 28.7. The van der Waals surface area contributed by atoms with E-state index in [1.165, 1.54) is 29.2 Å². The molecular weight excluding hydrogens is 533 g/mol. The lowest BCUT2D eigenvalue weighted by atomic mass is 10.0. The van der Waals surface area contributed by atoms with Crippen LogP contribution in [0.5, 0.6) is 5.75 Å². The number of benzene rings is 4. The van der Waals surface area contributed by atoms with Crippen LogP contribution in [0.2, 0.25) is 0 Å². The molecule has 2 amide bonds. The van der Waals surface area contributed by atoms with Gasteiger partial charge in [0.05, 0.1) is 12.0 Å². The van der Waals surface area contributed by atoms with Crippen molar-refractivity contribution < 1.29 is 27.1 Å². The van der Waals surface area contributed by atoms with E-state index in [4.69, 9.17) is 4.74 Å². The van der Waals surface area contributed by atoms with Crippen molar-refractivity contribution >= 4 is 33.2 Å². The maximum absolute atomic E-state index is 13.6. The first-order valence-corrected chi connectivity index (χ1v) is 13.8. The third-order valence-electron chi connectivity index (χ3n) is 6.18. The van der Waals surface area contributed by atoms with Crippen molar-refractivity contribution in [3.63, 3.8) is 0 Å². The number of amides is 2. The number of methoxy groups -OCH3 is 1. The summed E-state index contributed by atoms with van der Waals surface area (Å²) in [6.07, 6.45) is 0.239. The van der Waals surface area contributed by atoms with E-state index in [1.807, 2.05) is 30.3 Å². The van der Waals surface area contributed by atoms with E-state index < -0.39 is 27.8 Å². The summed E-state index contributed by atoms with van der Waals surface area (Å²) in [5.41, 5.74) is 1.76. The third-order valence-corrected chi connectivity index (χ3v) is 7.57. The zero-order valence-electron chi connectivity index (χ0n) is 21.9. The van der Waals surface area contributed by atoms with Crippen LogP contribution < -0.4 is 19.7 Å². The van der Waals surface area contributed by atoms with E-state index in [9.17, 15) is 22.4 Å². The number of nitrogens with one attached hydrogen (secondary N) is 2. The third kappa shape index (κ3) is 7.03. The van der Waals surface area contributed by atoms with Crippen LogP contribution in [0.25, 0.3) is 0 Å². The number of hydrogen-bond acceptors (Lipinski definition) is 5. The van der Waals surface area contributed by atoms with Gasteiger partial charge in [0.15, 0.2) is 0 Å². The number of nitrogens with zero attached hydrogens (tertiary/aromatic N) is 1.